The zero-order chi connectivity index (χ0) is 13.4. The molecule has 1 aliphatic heterocycles. The van der Waals surface area contributed by atoms with Crippen molar-refractivity contribution < 1.29 is 9.59 Å². The Labute approximate surface area is 120 Å². The second-order valence-corrected chi connectivity index (χ2v) is 5.96. The van der Waals surface area contributed by atoms with Crippen LogP contribution in [-0.4, -0.2) is 16.7 Å². The fourth-order valence-electron chi connectivity index (χ4n) is 2.80. The Morgan fingerprint density at radius 3 is 2.05 bits per heavy atom. The molecule has 0 saturated carbocycles. The number of hydrogen-bond acceptors (Lipinski definition) is 2. The Morgan fingerprint density at radius 1 is 1.00 bits per heavy atom. The molecule has 1 fully saturated rings. The Bertz CT molecular complexity index is 524. The number of carbonyl (C=O) groups excluding carboxylic acids is 2. The predicted octanol–water partition coefficient (Wildman–Crippen LogP) is 2.90. The van der Waals surface area contributed by atoms with E-state index < -0.39 is 0 Å². The van der Waals surface area contributed by atoms with Crippen molar-refractivity contribution >= 4 is 27.7 Å². The number of imide groups is 1. The van der Waals surface area contributed by atoms with E-state index in [9.17, 15) is 9.59 Å². The minimum absolute atomic E-state index is 0.0118. The fourth-order valence-corrected chi connectivity index (χ4v) is 3.06. The largest absolute Gasteiger partial charge is 0.278 e. The Kier molecular flexibility index (Phi) is 3.27. The summed E-state index contributed by atoms with van der Waals surface area (Å²) in [5.74, 6) is -0.287. The highest BCUT2D eigenvalue weighted by molar-refractivity contribution is 9.10. The lowest BCUT2D eigenvalue weighted by atomic mass is 9.85. The molecule has 0 spiro atoms. The van der Waals surface area contributed by atoms with Gasteiger partial charge in [-0.3, -0.25) is 14.5 Å². The van der Waals surface area contributed by atoms with Gasteiger partial charge in [0.2, 0.25) is 11.8 Å². The van der Waals surface area contributed by atoms with Gasteiger partial charge < -0.3 is 0 Å². The maximum atomic E-state index is 12.3. The van der Waals surface area contributed by atoms with Crippen LogP contribution in [0.3, 0.4) is 0 Å². The van der Waals surface area contributed by atoms with E-state index in [2.05, 4.69) is 15.9 Å². The SMILES string of the molecule is O=C1[C@@H]2CC=CC[C@H]2C(=O)N1Cc1ccc(Br)cc1. The monoisotopic (exact) mass is 319 g/mol. The number of nitrogens with zero attached hydrogens (tertiary/aromatic N) is 1. The van der Waals surface area contributed by atoms with Gasteiger partial charge in [-0.2, -0.15) is 0 Å². The Morgan fingerprint density at radius 2 is 1.53 bits per heavy atom. The molecule has 0 unspecified atom stereocenters. The van der Waals surface area contributed by atoms with E-state index in [4.69, 9.17) is 0 Å². The molecule has 98 valence electrons. The van der Waals surface area contributed by atoms with Gasteiger partial charge in [-0.25, -0.2) is 0 Å². The molecule has 2 amide bonds. The predicted molar refractivity (Wildman–Crippen MR) is 75.1 cm³/mol. The number of hydrogen-bond donors (Lipinski definition) is 0. The average Bonchev–Trinajstić information content (AvgIpc) is 2.67. The molecule has 0 N–H and O–H groups in total. The molecule has 3 nitrogen and oxygen atoms in total. The summed E-state index contributed by atoms with van der Waals surface area (Å²) in [5.41, 5.74) is 0.983. The van der Waals surface area contributed by atoms with E-state index in [0.717, 1.165) is 10.0 Å². The first kappa shape index (κ1) is 12.6. The van der Waals surface area contributed by atoms with Crippen molar-refractivity contribution in [2.24, 2.45) is 11.8 Å². The van der Waals surface area contributed by atoms with E-state index in [1.54, 1.807) is 0 Å². The third kappa shape index (κ3) is 2.25. The molecule has 0 aromatic heterocycles. The van der Waals surface area contributed by atoms with E-state index in [0.29, 0.717) is 19.4 Å². The molecule has 0 bridgehead atoms. The number of amides is 2. The first-order valence-electron chi connectivity index (χ1n) is 6.41. The summed E-state index contributed by atoms with van der Waals surface area (Å²) in [5, 5.41) is 0. The van der Waals surface area contributed by atoms with Crippen LogP contribution in [0.15, 0.2) is 40.9 Å². The maximum absolute atomic E-state index is 12.3. The van der Waals surface area contributed by atoms with Crippen molar-refractivity contribution in [1.29, 1.82) is 0 Å². The molecule has 1 aromatic carbocycles. The summed E-state index contributed by atoms with van der Waals surface area (Å²) < 4.78 is 0.994. The van der Waals surface area contributed by atoms with Gasteiger partial charge in [0.05, 0.1) is 18.4 Å². The molecular formula is C15H14BrNO2. The van der Waals surface area contributed by atoms with Crippen LogP contribution in [0.5, 0.6) is 0 Å². The zero-order valence-electron chi connectivity index (χ0n) is 10.4. The van der Waals surface area contributed by atoms with Crippen molar-refractivity contribution in [2.75, 3.05) is 0 Å². The van der Waals surface area contributed by atoms with Crippen molar-refractivity contribution in [3.8, 4) is 0 Å². The van der Waals surface area contributed by atoms with Crippen LogP contribution in [0.1, 0.15) is 18.4 Å². The minimum Gasteiger partial charge on any atom is -0.278 e. The molecule has 1 saturated heterocycles. The maximum Gasteiger partial charge on any atom is 0.233 e. The first-order chi connectivity index (χ1) is 9.16. The van der Waals surface area contributed by atoms with Crippen molar-refractivity contribution in [2.45, 2.75) is 19.4 Å². The number of benzene rings is 1. The van der Waals surface area contributed by atoms with Gasteiger partial charge in [-0.05, 0) is 30.5 Å². The van der Waals surface area contributed by atoms with Crippen molar-refractivity contribution in [3.05, 3.63) is 46.5 Å². The zero-order valence-corrected chi connectivity index (χ0v) is 12.0. The summed E-state index contributed by atoms with van der Waals surface area (Å²) in [6.45, 7) is 0.387. The molecule has 2 aliphatic rings. The Hall–Kier alpha value is -1.42. The highest BCUT2D eigenvalue weighted by atomic mass is 79.9. The smallest absolute Gasteiger partial charge is 0.233 e. The highest BCUT2D eigenvalue weighted by Crippen LogP contribution is 2.35. The van der Waals surface area contributed by atoms with Crippen LogP contribution in [0.25, 0.3) is 0 Å². The van der Waals surface area contributed by atoms with Gasteiger partial charge in [0.25, 0.3) is 0 Å². The fraction of sp³-hybridized carbons (Fsp3) is 0.333. The lowest BCUT2D eigenvalue weighted by Crippen LogP contribution is -2.30. The lowest BCUT2D eigenvalue weighted by molar-refractivity contribution is -0.140. The van der Waals surface area contributed by atoms with E-state index in [1.165, 1.54) is 4.90 Å². The van der Waals surface area contributed by atoms with Crippen LogP contribution in [0.2, 0.25) is 0 Å². The van der Waals surface area contributed by atoms with Gasteiger partial charge in [0, 0.05) is 4.47 Å². The third-order valence-corrected chi connectivity index (χ3v) is 4.38. The molecule has 2 atom stereocenters. The second kappa shape index (κ2) is 4.93. The van der Waals surface area contributed by atoms with Gasteiger partial charge in [0.1, 0.15) is 0 Å². The molecule has 3 rings (SSSR count). The number of rotatable bonds is 2. The Balaban J connectivity index is 1.80. The van der Waals surface area contributed by atoms with Crippen molar-refractivity contribution in [3.63, 3.8) is 0 Å². The van der Waals surface area contributed by atoms with E-state index in [1.807, 2.05) is 36.4 Å². The van der Waals surface area contributed by atoms with Crippen LogP contribution in [0, 0.1) is 11.8 Å². The van der Waals surface area contributed by atoms with E-state index >= 15 is 0 Å². The molecule has 19 heavy (non-hydrogen) atoms. The summed E-state index contributed by atoms with van der Waals surface area (Å²) in [7, 11) is 0. The molecular weight excluding hydrogens is 306 g/mol. The summed E-state index contributed by atoms with van der Waals surface area (Å²) in [4.78, 5) is 26.0. The quantitative estimate of drug-likeness (QED) is 0.621. The van der Waals surface area contributed by atoms with E-state index in [-0.39, 0.29) is 23.7 Å². The topological polar surface area (TPSA) is 37.4 Å². The third-order valence-electron chi connectivity index (χ3n) is 3.85. The van der Waals surface area contributed by atoms with Gasteiger partial charge in [-0.15, -0.1) is 0 Å². The number of halogens is 1. The molecule has 4 heteroatoms. The molecule has 0 radical (unpaired) electrons. The first-order valence-corrected chi connectivity index (χ1v) is 7.21. The summed E-state index contributed by atoms with van der Waals surface area (Å²) >= 11 is 3.38. The summed E-state index contributed by atoms with van der Waals surface area (Å²) in [6, 6.07) is 7.72. The van der Waals surface area contributed by atoms with Crippen LogP contribution in [0.4, 0.5) is 0 Å². The number of fused-ring (bicyclic) bond motifs is 1. The van der Waals surface area contributed by atoms with Crippen molar-refractivity contribution in [1.82, 2.24) is 4.90 Å². The molecule has 1 aliphatic carbocycles. The van der Waals surface area contributed by atoms with Crippen LogP contribution in [-0.2, 0) is 16.1 Å². The van der Waals surface area contributed by atoms with Gasteiger partial charge >= 0.3 is 0 Å². The second-order valence-electron chi connectivity index (χ2n) is 5.04. The number of carbonyl (C=O) groups is 2. The standard InChI is InChI=1S/C15H14BrNO2/c16-11-7-5-10(6-8-11)9-17-14(18)12-3-1-2-4-13(12)15(17)19/h1-2,5-8,12-13H,3-4,9H2/t12-,13-/m1/s1. The molecule has 1 aromatic rings. The molecule has 1 heterocycles. The lowest BCUT2D eigenvalue weighted by Gasteiger charge is -2.14. The average molecular weight is 320 g/mol. The van der Waals surface area contributed by atoms with Crippen LogP contribution >= 0.6 is 15.9 Å². The van der Waals surface area contributed by atoms with Crippen LogP contribution < -0.4 is 0 Å². The summed E-state index contributed by atoms with van der Waals surface area (Å²) in [6.07, 6.45) is 5.42. The number of likely N-dealkylation sites (tertiary alicyclic amines) is 1. The van der Waals surface area contributed by atoms with Gasteiger partial charge in [-0.1, -0.05) is 40.2 Å². The minimum atomic E-state index is -0.132. The number of allylic oxidation sites excluding steroid dienone is 2. The van der Waals surface area contributed by atoms with Gasteiger partial charge in [0.15, 0.2) is 0 Å². The normalized spacial score (nSPS) is 25.8. The highest BCUT2D eigenvalue weighted by Gasteiger charge is 2.46.